The van der Waals surface area contributed by atoms with Crippen molar-refractivity contribution in [3.63, 3.8) is 0 Å². The SMILES string of the molecule is CCc1nc2sc([C@H](c3ccccc3Cl)N3CCCCC3)c(O)n2n1. The van der Waals surface area contributed by atoms with E-state index in [1.165, 1.54) is 30.6 Å². The molecular formula is C18H21ClN4OS. The second kappa shape index (κ2) is 6.94. The van der Waals surface area contributed by atoms with Crippen LogP contribution in [-0.2, 0) is 6.42 Å². The van der Waals surface area contributed by atoms with Crippen LogP contribution in [0.15, 0.2) is 24.3 Å². The summed E-state index contributed by atoms with van der Waals surface area (Å²) in [4.78, 5) is 8.53. The number of likely N-dealkylation sites (tertiary alicyclic amines) is 1. The van der Waals surface area contributed by atoms with E-state index in [4.69, 9.17) is 11.6 Å². The Bertz CT molecular complexity index is 884. The van der Waals surface area contributed by atoms with E-state index in [-0.39, 0.29) is 11.9 Å². The van der Waals surface area contributed by atoms with Gasteiger partial charge in [0.1, 0.15) is 0 Å². The molecule has 0 unspecified atom stereocenters. The third kappa shape index (κ3) is 3.03. The van der Waals surface area contributed by atoms with Crippen molar-refractivity contribution in [3.8, 4) is 5.88 Å². The number of benzene rings is 1. The Labute approximate surface area is 155 Å². The highest BCUT2D eigenvalue weighted by Gasteiger charge is 2.31. The summed E-state index contributed by atoms with van der Waals surface area (Å²) in [6.07, 6.45) is 4.35. The summed E-state index contributed by atoms with van der Waals surface area (Å²) in [5.41, 5.74) is 1.03. The first-order valence-electron chi connectivity index (χ1n) is 8.74. The molecule has 1 atom stereocenters. The van der Waals surface area contributed by atoms with Gasteiger partial charge in [-0.2, -0.15) is 4.52 Å². The van der Waals surface area contributed by atoms with Crippen molar-refractivity contribution < 1.29 is 5.11 Å². The van der Waals surface area contributed by atoms with Gasteiger partial charge in [0.25, 0.3) is 0 Å². The van der Waals surface area contributed by atoms with Crippen LogP contribution in [0.1, 0.15) is 48.5 Å². The number of thiazole rings is 1. The monoisotopic (exact) mass is 376 g/mol. The maximum absolute atomic E-state index is 10.9. The van der Waals surface area contributed by atoms with Crippen LogP contribution in [0.5, 0.6) is 5.88 Å². The van der Waals surface area contributed by atoms with Crippen molar-refractivity contribution in [3.05, 3.63) is 45.6 Å². The Morgan fingerprint density at radius 2 is 2.00 bits per heavy atom. The van der Waals surface area contributed by atoms with Crippen molar-refractivity contribution >= 4 is 27.9 Å². The summed E-state index contributed by atoms with van der Waals surface area (Å²) >= 11 is 8.02. The summed E-state index contributed by atoms with van der Waals surface area (Å²) in [5.74, 6) is 0.933. The molecule has 2 aromatic heterocycles. The molecule has 25 heavy (non-hydrogen) atoms. The van der Waals surface area contributed by atoms with Gasteiger partial charge in [-0.15, -0.1) is 5.10 Å². The molecule has 1 aliphatic rings. The lowest BCUT2D eigenvalue weighted by Crippen LogP contribution is -2.34. The van der Waals surface area contributed by atoms with Crippen LogP contribution in [0, 0.1) is 0 Å². The van der Waals surface area contributed by atoms with Crippen molar-refractivity contribution in [1.82, 2.24) is 19.5 Å². The van der Waals surface area contributed by atoms with Gasteiger partial charge >= 0.3 is 0 Å². The predicted molar refractivity (Wildman–Crippen MR) is 101 cm³/mol. The normalized spacial score (nSPS) is 17.2. The van der Waals surface area contributed by atoms with E-state index >= 15 is 0 Å². The number of rotatable bonds is 4. The Balaban J connectivity index is 1.84. The van der Waals surface area contributed by atoms with Crippen LogP contribution in [0.25, 0.3) is 4.96 Å². The van der Waals surface area contributed by atoms with Crippen molar-refractivity contribution in [2.75, 3.05) is 13.1 Å². The molecule has 7 heteroatoms. The summed E-state index contributed by atoms with van der Waals surface area (Å²) < 4.78 is 1.56. The first-order valence-corrected chi connectivity index (χ1v) is 9.94. The summed E-state index contributed by atoms with van der Waals surface area (Å²) in [6, 6.07) is 7.84. The quantitative estimate of drug-likeness (QED) is 0.738. The van der Waals surface area contributed by atoms with E-state index in [1.807, 2.05) is 25.1 Å². The number of hydrogen-bond acceptors (Lipinski definition) is 5. The number of halogens is 1. The predicted octanol–water partition coefficient (Wildman–Crippen LogP) is 4.29. The standard InChI is InChI=1S/C18H21ClN4OS/c1-2-14-20-18-23(21-14)17(24)16(25-18)15(22-10-6-3-7-11-22)12-8-4-5-9-13(12)19/h4-5,8-9,15,24H,2-3,6-7,10-11H2,1H3/t15-/m0/s1. The Kier molecular flexibility index (Phi) is 4.67. The molecule has 1 aliphatic heterocycles. The molecule has 1 saturated heterocycles. The third-order valence-electron chi connectivity index (χ3n) is 4.76. The van der Waals surface area contributed by atoms with E-state index < -0.39 is 0 Å². The second-order valence-electron chi connectivity index (χ2n) is 6.39. The van der Waals surface area contributed by atoms with Crippen LogP contribution < -0.4 is 0 Å². The van der Waals surface area contributed by atoms with Gasteiger partial charge in [-0.1, -0.05) is 54.5 Å². The number of piperidine rings is 1. The van der Waals surface area contributed by atoms with Crippen LogP contribution in [0.4, 0.5) is 0 Å². The Morgan fingerprint density at radius 3 is 2.68 bits per heavy atom. The molecule has 0 radical (unpaired) electrons. The second-order valence-corrected chi connectivity index (χ2v) is 7.80. The average Bonchev–Trinajstić information content (AvgIpc) is 3.18. The van der Waals surface area contributed by atoms with Gasteiger partial charge in [0, 0.05) is 11.4 Å². The Hall–Kier alpha value is -1.63. The van der Waals surface area contributed by atoms with E-state index in [1.54, 1.807) is 4.52 Å². The number of aryl methyl sites for hydroxylation is 1. The number of fused-ring (bicyclic) bond motifs is 1. The van der Waals surface area contributed by atoms with E-state index in [0.717, 1.165) is 45.8 Å². The first-order chi connectivity index (χ1) is 12.2. The topological polar surface area (TPSA) is 53.7 Å². The maximum atomic E-state index is 10.9. The smallest absolute Gasteiger partial charge is 0.230 e. The van der Waals surface area contributed by atoms with Gasteiger partial charge in [0.2, 0.25) is 10.8 Å². The van der Waals surface area contributed by atoms with E-state index in [9.17, 15) is 5.11 Å². The summed E-state index contributed by atoms with van der Waals surface area (Å²) in [6.45, 7) is 4.02. The largest absolute Gasteiger partial charge is 0.492 e. The van der Waals surface area contributed by atoms with E-state index in [2.05, 4.69) is 21.0 Å². The van der Waals surface area contributed by atoms with Gasteiger partial charge in [0.05, 0.1) is 10.9 Å². The molecule has 0 bridgehead atoms. The summed E-state index contributed by atoms with van der Waals surface area (Å²) in [7, 11) is 0. The average molecular weight is 377 g/mol. The van der Waals surface area contributed by atoms with E-state index in [0.29, 0.717) is 0 Å². The maximum Gasteiger partial charge on any atom is 0.230 e. The minimum absolute atomic E-state index is 0.0624. The molecule has 5 nitrogen and oxygen atoms in total. The Morgan fingerprint density at radius 1 is 1.24 bits per heavy atom. The van der Waals surface area contributed by atoms with Crippen molar-refractivity contribution in [1.29, 1.82) is 0 Å². The molecule has 0 amide bonds. The summed E-state index contributed by atoms with van der Waals surface area (Å²) in [5, 5.41) is 16.0. The molecule has 0 aliphatic carbocycles. The molecule has 132 valence electrons. The van der Waals surface area contributed by atoms with Gasteiger partial charge in [-0.3, -0.25) is 4.90 Å². The lowest BCUT2D eigenvalue weighted by molar-refractivity contribution is 0.186. The molecule has 4 rings (SSSR count). The highest BCUT2D eigenvalue weighted by Crippen LogP contribution is 2.42. The van der Waals surface area contributed by atoms with Crippen LogP contribution in [0.3, 0.4) is 0 Å². The number of aromatic nitrogens is 3. The van der Waals surface area contributed by atoms with Crippen LogP contribution in [0.2, 0.25) is 5.02 Å². The third-order valence-corrected chi connectivity index (χ3v) is 6.18. The lowest BCUT2D eigenvalue weighted by atomic mass is 10.0. The first kappa shape index (κ1) is 16.8. The fourth-order valence-electron chi connectivity index (χ4n) is 3.50. The molecule has 3 heterocycles. The minimum Gasteiger partial charge on any atom is -0.492 e. The highest BCUT2D eigenvalue weighted by molar-refractivity contribution is 7.17. The van der Waals surface area contributed by atoms with Crippen LogP contribution in [-0.4, -0.2) is 37.7 Å². The molecule has 0 spiro atoms. The molecule has 3 aromatic rings. The number of hydrogen-bond donors (Lipinski definition) is 1. The molecule has 0 saturated carbocycles. The zero-order chi connectivity index (χ0) is 17.4. The van der Waals surface area contributed by atoms with Gasteiger partial charge in [-0.05, 0) is 37.6 Å². The van der Waals surface area contributed by atoms with Gasteiger partial charge in [-0.25, -0.2) is 4.98 Å². The zero-order valence-corrected chi connectivity index (χ0v) is 15.7. The van der Waals surface area contributed by atoms with Crippen molar-refractivity contribution in [2.45, 2.75) is 38.6 Å². The molecule has 1 aromatic carbocycles. The number of nitrogens with zero attached hydrogens (tertiary/aromatic N) is 4. The molecular weight excluding hydrogens is 356 g/mol. The lowest BCUT2D eigenvalue weighted by Gasteiger charge is -2.34. The molecule has 1 fully saturated rings. The van der Waals surface area contributed by atoms with Crippen LogP contribution >= 0.6 is 22.9 Å². The fourth-order valence-corrected chi connectivity index (χ4v) is 4.86. The fraction of sp³-hybridized carbons (Fsp3) is 0.444. The van der Waals surface area contributed by atoms with Crippen molar-refractivity contribution in [2.24, 2.45) is 0 Å². The zero-order valence-electron chi connectivity index (χ0n) is 14.2. The van der Waals surface area contributed by atoms with Gasteiger partial charge < -0.3 is 5.11 Å². The molecule has 1 N–H and O–H groups in total. The number of aromatic hydroxyl groups is 1. The highest BCUT2D eigenvalue weighted by atomic mass is 35.5. The minimum atomic E-state index is -0.0624. The van der Waals surface area contributed by atoms with Gasteiger partial charge in [0.15, 0.2) is 5.82 Å².